The van der Waals surface area contributed by atoms with Crippen LogP contribution in [0.1, 0.15) is 25.7 Å². The molecule has 8 heteroatoms. The van der Waals surface area contributed by atoms with Gasteiger partial charge in [0.05, 0.1) is 23.4 Å². The number of pyridine rings is 1. The van der Waals surface area contributed by atoms with Gasteiger partial charge in [0.1, 0.15) is 5.65 Å². The standard InChI is InChI=1S/C17H17ClFN5O/c18-9-5-10-11(7-21-15(10)20-6-9)16-22-8-12(19)17(24-16)23-13-3-1-2-4-14(13)25/h5-8,13-14,25H,1-4H2,(H,20,21)(H,22,23,24). The summed E-state index contributed by atoms with van der Waals surface area (Å²) in [5.41, 5.74) is 1.35. The lowest BCUT2D eigenvalue weighted by atomic mass is 9.92. The van der Waals surface area contributed by atoms with Crippen LogP contribution in [-0.4, -0.2) is 37.2 Å². The highest BCUT2D eigenvalue weighted by Gasteiger charge is 2.24. The number of nitrogens with one attached hydrogen (secondary N) is 2. The highest BCUT2D eigenvalue weighted by Crippen LogP contribution is 2.29. The first-order valence-corrected chi connectivity index (χ1v) is 8.60. The third-order valence-corrected chi connectivity index (χ3v) is 4.74. The molecular weight excluding hydrogens is 345 g/mol. The maximum atomic E-state index is 14.2. The maximum Gasteiger partial charge on any atom is 0.183 e. The summed E-state index contributed by atoms with van der Waals surface area (Å²) < 4.78 is 14.2. The quantitative estimate of drug-likeness (QED) is 0.664. The van der Waals surface area contributed by atoms with E-state index in [1.54, 1.807) is 18.5 Å². The zero-order chi connectivity index (χ0) is 17.4. The van der Waals surface area contributed by atoms with Crippen LogP contribution >= 0.6 is 11.6 Å². The van der Waals surface area contributed by atoms with E-state index in [0.717, 1.165) is 30.8 Å². The molecule has 0 amide bonds. The number of rotatable bonds is 3. The molecule has 0 saturated heterocycles. The second kappa shape index (κ2) is 6.57. The van der Waals surface area contributed by atoms with Crippen molar-refractivity contribution in [2.24, 2.45) is 0 Å². The molecule has 1 aliphatic rings. The van der Waals surface area contributed by atoms with Gasteiger partial charge in [-0.1, -0.05) is 24.4 Å². The van der Waals surface area contributed by atoms with E-state index in [4.69, 9.17) is 11.6 Å². The van der Waals surface area contributed by atoms with E-state index in [-0.39, 0.29) is 11.9 Å². The van der Waals surface area contributed by atoms with E-state index >= 15 is 0 Å². The zero-order valence-corrected chi connectivity index (χ0v) is 14.1. The van der Waals surface area contributed by atoms with Crippen molar-refractivity contribution in [2.75, 3.05) is 5.32 Å². The normalized spacial score (nSPS) is 20.8. The molecule has 6 nitrogen and oxygen atoms in total. The first-order chi connectivity index (χ1) is 12.1. The molecular formula is C17H17ClFN5O. The minimum absolute atomic E-state index is 0.0975. The van der Waals surface area contributed by atoms with Gasteiger partial charge in [-0.05, 0) is 18.9 Å². The topological polar surface area (TPSA) is 86.7 Å². The van der Waals surface area contributed by atoms with Crippen LogP contribution in [-0.2, 0) is 0 Å². The molecule has 1 fully saturated rings. The Morgan fingerprint density at radius 3 is 2.92 bits per heavy atom. The van der Waals surface area contributed by atoms with Crippen molar-refractivity contribution in [1.82, 2.24) is 19.9 Å². The number of halogens is 2. The number of H-pyrrole nitrogens is 1. The summed E-state index contributed by atoms with van der Waals surface area (Å²) in [4.78, 5) is 15.7. The number of aliphatic hydroxyl groups excluding tert-OH is 1. The summed E-state index contributed by atoms with van der Waals surface area (Å²) in [5.74, 6) is -0.0812. The molecule has 2 atom stereocenters. The lowest BCUT2D eigenvalue weighted by Crippen LogP contribution is -2.36. The van der Waals surface area contributed by atoms with Crippen LogP contribution in [0.4, 0.5) is 10.2 Å². The molecule has 0 spiro atoms. The molecule has 3 aromatic rings. The van der Waals surface area contributed by atoms with Gasteiger partial charge in [-0.2, -0.15) is 0 Å². The van der Waals surface area contributed by atoms with Crippen molar-refractivity contribution in [3.8, 4) is 11.4 Å². The largest absolute Gasteiger partial charge is 0.391 e. The number of aromatic nitrogens is 4. The Bertz CT molecular complexity index is 915. The number of aromatic amines is 1. The molecule has 0 radical (unpaired) electrons. The van der Waals surface area contributed by atoms with Crippen LogP contribution < -0.4 is 5.32 Å². The molecule has 3 heterocycles. The number of hydrogen-bond acceptors (Lipinski definition) is 5. The van der Waals surface area contributed by atoms with Gasteiger partial charge in [0.15, 0.2) is 17.5 Å². The third-order valence-electron chi connectivity index (χ3n) is 4.53. The molecule has 4 rings (SSSR count). The van der Waals surface area contributed by atoms with Crippen molar-refractivity contribution in [3.63, 3.8) is 0 Å². The fourth-order valence-electron chi connectivity index (χ4n) is 3.22. The van der Waals surface area contributed by atoms with Crippen molar-refractivity contribution in [3.05, 3.63) is 35.5 Å². The Hall–Kier alpha value is -2.25. The summed E-state index contributed by atoms with van der Waals surface area (Å²) >= 11 is 6.02. The van der Waals surface area contributed by atoms with E-state index in [2.05, 4.69) is 25.3 Å². The second-order valence-electron chi connectivity index (χ2n) is 6.24. The maximum absolute atomic E-state index is 14.2. The molecule has 2 unspecified atom stereocenters. The van der Waals surface area contributed by atoms with Crippen molar-refractivity contribution in [2.45, 2.75) is 37.8 Å². The van der Waals surface area contributed by atoms with Gasteiger partial charge in [0, 0.05) is 23.3 Å². The molecule has 1 saturated carbocycles. The Labute approximate surface area is 148 Å². The summed E-state index contributed by atoms with van der Waals surface area (Å²) in [6, 6.07) is 1.56. The van der Waals surface area contributed by atoms with E-state index in [9.17, 15) is 9.50 Å². The third kappa shape index (κ3) is 3.17. The van der Waals surface area contributed by atoms with Crippen molar-refractivity contribution < 1.29 is 9.50 Å². The van der Waals surface area contributed by atoms with Gasteiger partial charge in [-0.15, -0.1) is 0 Å². The van der Waals surface area contributed by atoms with Gasteiger partial charge in [0.25, 0.3) is 0 Å². The number of anilines is 1. The monoisotopic (exact) mass is 361 g/mol. The molecule has 3 aromatic heterocycles. The van der Waals surface area contributed by atoms with Gasteiger partial charge in [0.2, 0.25) is 0 Å². The van der Waals surface area contributed by atoms with E-state index < -0.39 is 11.9 Å². The van der Waals surface area contributed by atoms with Gasteiger partial charge < -0.3 is 15.4 Å². The van der Waals surface area contributed by atoms with Gasteiger partial charge >= 0.3 is 0 Å². The first-order valence-electron chi connectivity index (χ1n) is 8.22. The van der Waals surface area contributed by atoms with Crippen LogP contribution in [0.25, 0.3) is 22.4 Å². The molecule has 0 aromatic carbocycles. The second-order valence-corrected chi connectivity index (χ2v) is 6.68. The molecule has 0 aliphatic heterocycles. The Morgan fingerprint density at radius 1 is 1.24 bits per heavy atom. The van der Waals surface area contributed by atoms with Crippen LogP contribution in [0.2, 0.25) is 5.02 Å². The predicted octanol–water partition coefficient (Wildman–Crippen LogP) is 3.53. The Kier molecular flexibility index (Phi) is 4.27. The number of aliphatic hydroxyl groups is 1. The summed E-state index contributed by atoms with van der Waals surface area (Å²) in [6.07, 6.45) is 7.39. The molecule has 25 heavy (non-hydrogen) atoms. The summed E-state index contributed by atoms with van der Waals surface area (Å²) in [6.45, 7) is 0. The van der Waals surface area contributed by atoms with Gasteiger partial charge in [-0.25, -0.2) is 19.3 Å². The van der Waals surface area contributed by atoms with Crippen molar-refractivity contribution >= 4 is 28.5 Å². The highest BCUT2D eigenvalue weighted by molar-refractivity contribution is 6.31. The lowest BCUT2D eigenvalue weighted by Gasteiger charge is -2.28. The fourth-order valence-corrected chi connectivity index (χ4v) is 3.37. The molecule has 3 N–H and O–H groups in total. The Balaban J connectivity index is 1.70. The number of hydrogen-bond donors (Lipinski definition) is 3. The minimum Gasteiger partial charge on any atom is -0.391 e. The summed E-state index contributed by atoms with van der Waals surface area (Å²) in [5, 5.41) is 14.4. The van der Waals surface area contributed by atoms with Crippen LogP contribution in [0.15, 0.2) is 24.7 Å². The zero-order valence-electron chi connectivity index (χ0n) is 13.3. The summed E-state index contributed by atoms with van der Waals surface area (Å²) in [7, 11) is 0. The number of nitrogens with zero attached hydrogens (tertiary/aromatic N) is 3. The number of fused-ring (bicyclic) bond motifs is 1. The lowest BCUT2D eigenvalue weighted by molar-refractivity contribution is 0.116. The SMILES string of the molecule is OC1CCCCC1Nc1nc(-c2c[nH]c3ncc(Cl)cc23)ncc1F. The first kappa shape index (κ1) is 16.2. The smallest absolute Gasteiger partial charge is 0.183 e. The molecule has 130 valence electrons. The van der Waals surface area contributed by atoms with E-state index in [1.165, 1.54) is 0 Å². The highest BCUT2D eigenvalue weighted by atomic mass is 35.5. The Morgan fingerprint density at radius 2 is 2.08 bits per heavy atom. The average molecular weight is 362 g/mol. The van der Waals surface area contributed by atoms with Gasteiger partial charge in [-0.3, -0.25) is 0 Å². The van der Waals surface area contributed by atoms with Crippen LogP contribution in [0, 0.1) is 5.82 Å². The fraction of sp³-hybridized carbons (Fsp3) is 0.353. The van der Waals surface area contributed by atoms with Crippen LogP contribution in [0.5, 0.6) is 0 Å². The average Bonchev–Trinajstić information content (AvgIpc) is 3.02. The van der Waals surface area contributed by atoms with Crippen LogP contribution in [0.3, 0.4) is 0 Å². The predicted molar refractivity (Wildman–Crippen MR) is 94.0 cm³/mol. The minimum atomic E-state index is -0.544. The van der Waals surface area contributed by atoms with E-state index in [0.29, 0.717) is 28.5 Å². The van der Waals surface area contributed by atoms with E-state index in [1.807, 2.05) is 0 Å². The molecule has 1 aliphatic carbocycles. The molecule has 0 bridgehead atoms. The van der Waals surface area contributed by atoms with Crippen molar-refractivity contribution in [1.29, 1.82) is 0 Å².